The van der Waals surface area contributed by atoms with E-state index in [1.165, 1.54) is 0 Å². The summed E-state index contributed by atoms with van der Waals surface area (Å²) in [5.41, 5.74) is 0.864. The molecule has 2 aromatic rings. The van der Waals surface area contributed by atoms with Crippen molar-refractivity contribution >= 4 is 15.9 Å². The molecule has 0 radical (unpaired) electrons. The molecule has 0 bridgehead atoms. The van der Waals surface area contributed by atoms with E-state index in [1.54, 1.807) is 14.0 Å². The molecule has 0 fully saturated rings. The number of aromatic nitrogens is 2. The number of nitrogens with zero attached hydrogens (tertiary/aromatic N) is 2. The molecule has 0 aliphatic carbocycles. The van der Waals surface area contributed by atoms with Gasteiger partial charge in [-0.3, -0.25) is 0 Å². The number of benzene rings is 1. The Bertz CT molecular complexity index is 482. The highest BCUT2D eigenvalue weighted by Crippen LogP contribution is 2.29. The minimum absolute atomic E-state index is 0.510. The highest BCUT2D eigenvalue weighted by Gasteiger charge is 2.08. The summed E-state index contributed by atoms with van der Waals surface area (Å²) >= 11 is 3.40. The fourth-order valence-corrected chi connectivity index (χ4v) is 1.75. The largest absolute Gasteiger partial charge is 0.496 e. The summed E-state index contributed by atoms with van der Waals surface area (Å²) in [6, 6.07) is 5.60. The Morgan fingerprint density at radius 2 is 2.20 bits per heavy atom. The first kappa shape index (κ1) is 10.2. The lowest BCUT2D eigenvalue weighted by Crippen LogP contribution is -1.85. The summed E-state index contributed by atoms with van der Waals surface area (Å²) in [4.78, 5) is 4.14. The molecule has 0 atom stereocenters. The van der Waals surface area contributed by atoms with Gasteiger partial charge >= 0.3 is 0 Å². The minimum Gasteiger partial charge on any atom is -0.496 e. The van der Waals surface area contributed by atoms with Crippen molar-refractivity contribution in [3.05, 3.63) is 28.5 Å². The Kier molecular flexibility index (Phi) is 2.73. The average Bonchev–Trinajstić information content (AvgIpc) is 2.65. The normalized spacial score (nSPS) is 10.3. The molecule has 0 aliphatic rings. The lowest BCUT2D eigenvalue weighted by molar-refractivity contribution is 0.411. The van der Waals surface area contributed by atoms with Crippen molar-refractivity contribution in [3.8, 4) is 17.2 Å². The van der Waals surface area contributed by atoms with Crippen LogP contribution in [0.1, 0.15) is 5.82 Å². The van der Waals surface area contributed by atoms with Crippen LogP contribution < -0.4 is 4.74 Å². The molecule has 0 N–H and O–H groups in total. The molecule has 15 heavy (non-hydrogen) atoms. The SMILES string of the molecule is COc1ccc(-c2nc(C)no2)cc1Br. The Morgan fingerprint density at radius 3 is 2.73 bits per heavy atom. The van der Waals surface area contributed by atoms with Crippen LogP contribution in [0.4, 0.5) is 0 Å². The van der Waals surface area contributed by atoms with Crippen molar-refractivity contribution in [1.82, 2.24) is 10.1 Å². The van der Waals surface area contributed by atoms with E-state index in [4.69, 9.17) is 9.26 Å². The third-order valence-corrected chi connectivity index (χ3v) is 2.55. The van der Waals surface area contributed by atoms with E-state index in [0.29, 0.717) is 11.7 Å². The molecule has 4 nitrogen and oxygen atoms in total. The monoisotopic (exact) mass is 268 g/mol. The first-order chi connectivity index (χ1) is 7.20. The maximum absolute atomic E-state index is 5.13. The molecule has 78 valence electrons. The summed E-state index contributed by atoms with van der Waals surface area (Å²) in [7, 11) is 1.62. The minimum atomic E-state index is 0.510. The first-order valence-electron chi connectivity index (χ1n) is 4.35. The second-order valence-electron chi connectivity index (χ2n) is 3.00. The van der Waals surface area contributed by atoms with E-state index in [9.17, 15) is 0 Å². The van der Waals surface area contributed by atoms with Crippen molar-refractivity contribution in [1.29, 1.82) is 0 Å². The fraction of sp³-hybridized carbons (Fsp3) is 0.200. The molecule has 0 aliphatic heterocycles. The molecule has 0 saturated heterocycles. The molecule has 1 aromatic carbocycles. The summed E-state index contributed by atoms with van der Waals surface area (Å²) in [5.74, 6) is 1.91. The van der Waals surface area contributed by atoms with Crippen molar-refractivity contribution in [3.63, 3.8) is 0 Å². The molecule has 2 rings (SSSR count). The van der Waals surface area contributed by atoms with Crippen LogP contribution in [-0.2, 0) is 0 Å². The number of hydrogen-bond donors (Lipinski definition) is 0. The highest BCUT2D eigenvalue weighted by atomic mass is 79.9. The number of rotatable bonds is 2. The van der Waals surface area contributed by atoms with Gasteiger partial charge in [0.15, 0.2) is 5.82 Å². The molecule has 5 heteroatoms. The number of hydrogen-bond acceptors (Lipinski definition) is 4. The van der Waals surface area contributed by atoms with Crippen molar-refractivity contribution in [2.75, 3.05) is 7.11 Å². The second-order valence-corrected chi connectivity index (χ2v) is 3.85. The predicted molar refractivity (Wildman–Crippen MR) is 58.7 cm³/mol. The van der Waals surface area contributed by atoms with Gasteiger partial charge in [0.25, 0.3) is 5.89 Å². The van der Waals surface area contributed by atoms with Crippen LogP contribution in [0, 0.1) is 6.92 Å². The van der Waals surface area contributed by atoms with Crippen LogP contribution in [0.5, 0.6) is 5.75 Å². The fourth-order valence-electron chi connectivity index (χ4n) is 1.21. The van der Waals surface area contributed by atoms with Gasteiger partial charge < -0.3 is 9.26 Å². The van der Waals surface area contributed by atoms with Crippen LogP contribution in [0.15, 0.2) is 27.2 Å². The standard InChI is InChI=1S/C10H9BrN2O2/c1-6-12-10(15-13-6)7-3-4-9(14-2)8(11)5-7/h3-5H,1-2H3. The van der Waals surface area contributed by atoms with Gasteiger partial charge in [-0.2, -0.15) is 4.98 Å². The zero-order valence-electron chi connectivity index (χ0n) is 8.32. The Labute approximate surface area is 95.4 Å². The lowest BCUT2D eigenvalue weighted by atomic mass is 10.2. The van der Waals surface area contributed by atoms with Crippen molar-refractivity contribution in [2.24, 2.45) is 0 Å². The molecule has 0 amide bonds. The molecule has 0 unspecified atom stereocenters. The number of methoxy groups -OCH3 is 1. The number of ether oxygens (including phenoxy) is 1. The molecule has 1 aromatic heterocycles. The van der Waals surface area contributed by atoms with Gasteiger partial charge in [0.1, 0.15) is 5.75 Å². The van der Waals surface area contributed by atoms with Crippen LogP contribution in [0.2, 0.25) is 0 Å². The zero-order chi connectivity index (χ0) is 10.8. The van der Waals surface area contributed by atoms with Gasteiger partial charge in [0.2, 0.25) is 0 Å². The summed E-state index contributed by atoms with van der Waals surface area (Å²) < 4.78 is 11.0. The van der Waals surface area contributed by atoms with Gasteiger partial charge in [-0.25, -0.2) is 0 Å². The van der Waals surface area contributed by atoms with Gasteiger partial charge in [-0.05, 0) is 41.1 Å². The number of halogens is 1. The van der Waals surface area contributed by atoms with E-state index in [1.807, 2.05) is 18.2 Å². The highest BCUT2D eigenvalue weighted by molar-refractivity contribution is 9.10. The van der Waals surface area contributed by atoms with Crippen molar-refractivity contribution in [2.45, 2.75) is 6.92 Å². The first-order valence-corrected chi connectivity index (χ1v) is 5.14. The van der Waals surface area contributed by atoms with Crippen LogP contribution in [0.3, 0.4) is 0 Å². The maximum atomic E-state index is 5.13. The van der Waals surface area contributed by atoms with E-state index in [-0.39, 0.29) is 0 Å². The lowest BCUT2D eigenvalue weighted by Gasteiger charge is -2.03. The second kappa shape index (κ2) is 4.02. The zero-order valence-corrected chi connectivity index (χ0v) is 9.91. The van der Waals surface area contributed by atoms with Gasteiger partial charge in [0, 0.05) is 5.56 Å². The topological polar surface area (TPSA) is 48.2 Å². The average molecular weight is 269 g/mol. The van der Waals surface area contributed by atoms with E-state index >= 15 is 0 Å². The summed E-state index contributed by atoms with van der Waals surface area (Å²) in [5, 5.41) is 3.73. The van der Waals surface area contributed by atoms with Crippen LogP contribution in [0.25, 0.3) is 11.5 Å². The predicted octanol–water partition coefficient (Wildman–Crippen LogP) is 2.82. The van der Waals surface area contributed by atoms with E-state index in [2.05, 4.69) is 26.1 Å². The molecule has 1 heterocycles. The van der Waals surface area contributed by atoms with Crippen LogP contribution >= 0.6 is 15.9 Å². The van der Waals surface area contributed by atoms with Crippen LogP contribution in [-0.4, -0.2) is 17.3 Å². The molecular formula is C10H9BrN2O2. The van der Waals surface area contributed by atoms with E-state index < -0.39 is 0 Å². The number of aryl methyl sites for hydroxylation is 1. The maximum Gasteiger partial charge on any atom is 0.257 e. The van der Waals surface area contributed by atoms with Gasteiger partial charge in [0.05, 0.1) is 11.6 Å². The molecular weight excluding hydrogens is 260 g/mol. The van der Waals surface area contributed by atoms with Gasteiger partial charge in [-0.1, -0.05) is 5.16 Å². The molecule has 0 saturated carbocycles. The third kappa shape index (κ3) is 2.02. The third-order valence-electron chi connectivity index (χ3n) is 1.93. The quantitative estimate of drug-likeness (QED) is 0.841. The Morgan fingerprint density at radius 1 is 1.40 bits per heavy atom. The van der Waals surface area contributed by atoms with E-state index in [0.717, 1.165) is 15.8 Å². The molecule has 0 spiro atoms. The van der Waals surface area contributed by atoms with Gasteiger partial charge in [-0.15, -0.1) is 0 Å². The summed E-state index contributed by atoms with van der Waals surface area (Å²) in [6.45, 7) is 1.78. The smallest absolute Gasteiger partial charge is 0.257 e. The summed E-state index contributed by atoms with van der Waals surface area (Å²) in [6.07, 6.45) is 0. The van der Waals surface area contributed by atoms with Crippen molar-refractivity contribution < 1.29 is 9.26 Å². The Balaban J connectivity index is 2.42. The Hall–Kier alpha value is -1.36.